The lowest BCUT2D eigenvalue weighted by atomic mass is 10.1. The maximum absolute atomic E-state index is 11.2. The van der Waals surface area contributed by atoms with Crippen LogP contribution in [-0.2, 0) is 4.74 Å². The van der Waals surface area contributed by atoms with Crippen LogP contribution in [0, 0.1) is 0 Å². The van der Waals surface area contributed by atoms with E-state index in [1.807, 2.05) is 0 Å². The average molecular weight is 275 g/mol. The number of hydrogen-bond acceptors (Lipinski definition) is 3. The molecule has 2 rings (SSSR count). The molecule has 0 aliphatic carbocycles. The Bertz CT molecular complexity index is 445. The van der Waals surface area contributed by atoms with Crippen molar-refractivity contribution < 1.29 is 9.53 Å². The maximum atomic E-state index is 11.2. The summed E-state index contributed by atoms with van der Waals surface area (Å²) < 4.78 is 5.26. The van der Waals surface area contributed by atoms with Crippen LogP contribution in [0.5, 0.6) is 0 Å². The summed E-state index contributed by atoms with van der Waals surface area (Å²) in [7, 11) is 0. The predicted molar refractivity (Wildman–Crippen MR) is 68.0 cm³/mol. The summed E-state index contributed by atoms with van der Waals surface area (Å²) in [5, 5.41) is 0.793. The number of carbonyl (C=O) groups excluding carboxylic acids is 1. The van der Waals surface area contributed by atoms with Gasteiger partial charge in [0.1, 0.15) is 0 Å². The zero-order valence-corrected chi connectivity index (χ0v) is 10.6. The Morgan fingerprint density at radius 2 is 1.88 bits per heavy atom. The third-order valence-electron chi connectivity index (χ3n) is 2.65. The van der Waals surface area contributed by atoms with E-state index >= 15 is 0 Å². The second-order valence-corrected chi connectivity index (χ2v) is 4.56. The van der Waals surface area contributed by atoms with E-state index in [0.29, 0.717) is 18.2 Å². The maximum Gasteiger partial charge on any atom is 0.250 e. The molecule has 0 radical (unpaired) electrons. The molecular weight excluding hydrogens is 263 g/mol. The van der Waals surface area contributed by atoms with E-state index in [0.717, 1.165) is 18.8 Å². The van der Waals surface area contributed by atoms with Gasteiger partial charge in [-0.1, -0.05) is 23.2 Å². The van der Waals surface area contributed by atoms with Gasteiger partial charge in [0.15, 0.2) is 0 Å². The van der Waals surface area contributed by atoms with Crippen molar-refractivity contribution in [2.24, 2.45) is 5.73 Å². The van der Waals surface area contributed by atoms with E-state index in [-0.39, 0.29) is 10.6 Å². The van der Waals surface area contributed by atoms with Crippen molar-refractivity contribution in [2.75, 3.05) is 31.2 Å². The van der Waals surface area contributed by atoms with Crippen molar-refractivity contribution in [3.8, 4) is 0 Å². The van der Waals surface area contributed by atoms with Crippen LogP contribution in [0.25, 0.3) is 0 Å². The highest BCUT2D eigenvalue weighted by atomic mass is 35.5. The highest BCUT2D eigenvalue weighted by Crippen LogP contribution is 2.32. The standard InChI is InChI=1S/C11H12Cl2N2O2/c12-8-6-9(13)10(5-7(8)11(14)16)15-1-3-17-4-2-15/h5-6H,1-4H2,(H2,14,16). The molecule has 1 aromatic carbocycles. The van der Waals surface area contributed by atoms with Crippen LogP contribution < -0.4 is 10.6 Å². The van der Waals surface area contributed by atoms with Crippen molar-refractivity contribution in [3.63, 3.8) is 0 Å². The van der Waals surface area contributed by atoms with Gasteiger partial charge in [0.05, 0.1) is 34.5 Å². The number of halogens is 2. The Kier molecular flexibility index (Phi) is 3.76. The molecule has 4 nitrogen and oxygen atoms in total. The number of nitrogens with zero attached hydrogens (tertiary/aromatic N) is 1. The monoisotopic (exact) mass is 274 g/mol. The van der Waals surface area contributed by atoms with E-state index in [9.17, 15) is 4.79 Å². The first-order valence-electron chi connectivity index (χ1n) is 5.21. The topological polar surface area (TPSA) is 55.6 Å². The second-order valence-electron chi connectivity index (χ2n) is 3.75. The van der Waals surface area contributed by atoms with E-state index < -0.39 is 5.91 Å². The largest absolute Gasteiger partial charge is 0.378 e. The second kappa shape index (κ2) is 5.12. The van der Waals surface area contributed by atoms with Gasteiger partial charge >= 0.3 is 0 Å². The predicted octanol–water partition coefficient (Wildman–Crippen LogP) is 1.93. The zero-order chi connectivity index (χ0) is 12.4. The summed E-state index contributed by atoms with van der Waals surface area (Å²) in [6, 6.07) is 3.19. The molecule has 2 N–H and O–H groups in total. The number of primary amides is 1. The lowest BCUT2D eigenvalue weighted by molar-refractivity contribution is 0.100. The Morgan fingerprint density at radius 1 is 1.24 bits per heavy atom. The molecule has 0 saturated carbocycles. The molecule has 1 amide bonds. The van der Waals surface area contributed by atoms with Crippen molar-refractivity contribution in [1.82, 2.24) is 0 Å². The van der Waals surface area contributed by atoms with Crippen LogP contribution in [0.1, 0.15) is 10.4 Å². The van der Waals surface area contributed by atoms with Gasteiger partial charge < -0.3 is 15.4 Å². The Hall–Kier alpha value is -0.970. The molecule has 92 valence electrons. The fraction of sp³-hybridized carbons (Fsp3) is 0.364. The molecule has 1 aromatic rings. The number of rotatable bonds is 2. The van der Waals surface area contributed by atoms with Crippen molar-refractivity contribution >= 4 is 34.8 Å². The smallest absolute Gasteiger partial charge is 0.250 e. The number of nitrogens with two attached hydrogens (primary N) is 1. The molecule has 1 heterocycles. The summed E-state index contributed by atoms with van der Waals surface area (Å²) in [6.45, 7) is 2.76. The summed E-state index contributed by atoms with van der Waals surface area (Å²) in [6.07, 6.45) is 0. The van der Waals surface area contributed by atoms with Gasteiger partial charge in [-0.25, -0.2) is 0 Å². The molecule has 6 heteroatoms. The van der Waals surface area contributed by atoms with E-state index in [4.69, 9.17) is 33.7 Å². The summed E-state index contributed by atoms with van der Waals surface area (Å²) in [5.41, 5.74) is 6.31. The molecule has 17 heavy (non-hydrogen) atoms. The fourth-order valence-electron chi connectivity index (χ4n) is 1.77. The van der Waals surface area contributed by atoms with Crippen LogP contribution in [0.3, 0.4) is 0 Å². The van der Waals surface area contributed by atoms with Crippen LogP contribution >= 0.6 is 23.2 Å². The summed E-state index contributed by atoms with van der Waals surface area (Å²) in [4.78, 5) is 13.3. The van der Waals surface area contributed by atoms with Gasteiger partial charge in [0.25, 0.3) is 0 Å². The SMILES string of the molecule is NC(=O)c1cc(N2CCOCC2)c(Cl)cc1Cl. The lowest BCUT2D eigenvalue weighted by Crippen LogP contribution is -2.36. The van der Waals surface area contributed by atoms with Crippen LogP contribution in [0.2, 0.25) is 10.0 Å². The first-order chi connectivity index (χ1) is 8.09. The minimum atomic E-state index is -0.554. The molecule has 0 bridgehead atoms. The molecule has 1 aliphatic rings. The van der Waals surface area contributed by atoms with E-state index in [1.165, 1.54) is 0 Å². The van der Waals surface area contributed by atoms with Crippen molar-refractivity contribution in [3.05, 3.63) is 27.7 Å². The quantitative estimate of drug-likeness (QED) is 0.897. The fourth-order valence-corrected chi connectivity index (χ4v) is 2.37. The van der Waals surface area contributed by atoms with Crippen LogP contribution in [0.4, 0.5) is 5.69 Å². The third kappa shape index (κ3) is 2.65. The lowest BCUT2D eigenvalue weighted by Gasteiger charge is -2.30. The summed E-state index contributed by atoms with van der Waals surface area (Å²) >= 11 is 12.0. The van der Waals surface area contributed by atoms with Gasteiger partial charge in [-0.3, -0.25) is 4.79 Å². The highest BCUT2D eigenvalue weighted by Gasteiger charge is 2.18. The molecule has 1 saturated heterocycles. The number of morpholine rings is 1. The number of carbonyl (C=O) groups is 1. The Morgan fingerprint density at radius 3 is 2.47 bits per heavy atom. The third-order valence-corrected chi connectivity index (χ3v) is 3.27. The van der Waals surface area contributed by atoms with Crippen molar-refractivity contribution in [2.45, 2.75) is 0 Å². The number of benzene rings is 1. The number of anilines is 1. The average Bonchev–Trinajstić information content (AvgIpc) is 2.29. The van der Waals surface area contributed by atoms with Gasteiger partial charge in [-0.15, -0.1) is 0 Å². The van der Waals surface area contributed by atoms with Gasteiger partial charge in [0.2, 0.25) is 5.91 Å². The first kappa shape index (κ1) is 12.5. The van der Waals surface area contributed by atoms with E-state index in [2.05, 4.69) is 4.90 Å². The molecule has 0 unspecified atom stereocenters. The minimum Gasteiger partial charge on any atom is -0.378 e. The molecule has 0 aromatic heterocycles. The minimum absolute atomic E-state index is 0.277. The number of amides is 1. The van der Waals surface area contributed by atoms with Gasteiger partial charge in [-0.05, 0) is 12.1 Å². The molecule has 1 aliphatic heterocycles. The highest BCUT2D eigenvalue weighted by molar-refractivity contribution is 6.38. The zero-order valence-electron chi connectivity index (χ0n) is 9.08. The normalized spacial score (nSPS) is 16.0. The summed E-state index contributed by atoms with van der Waals surface area (Å²) in [5.74, 6) is -0.554. The van der Waals surface area contributed by atoms with Crippen LogP contribution in [0.15, 0.2) is 12.1 Å². The van der Waals surface area contributed by atoms with Gasteiger partial charge in [0, 0.05) is 13.1 Å². The Balaban J connectivity index is 2.38. The first-order valence-corrected chi connectivity index (χ1v) is 5.96. The molecule has 1 fully saturated rings. The molecule has 0 spiro atoms. The molecular formula is C11H12Cl2N2O2. The molecule has 0 atom stereocenters. The Labute approximate surface area is 109 Å². The van der Waals surface area contributed by atoms with E-state index in [1.54, 1.807) is 12.1 Å². The number of ether oxygens (including phenoxy) is 1. The van der Waals surface area contributed by atoms with Gasteiger partial charge in [-0.2, -0.15) is 0 Å². The van der Waals surface area contributed by atoms with Crippen LogP contribution in [-0.4, -0.2) is 32.2 Å². The van der Waals surface area contributed by atoms with Crippen molar-refractivity contribution in [1.29, 1.82) is 0 Å². The number of hydrogen-bond donors (Lipinski definition) is 1.